The van der Waals surface area contributed by atoms with E-state index in [-0.39, 0.29) is 5.82 Å². The number of hydrogen-bond donors (Lipinski definition) is 0. The second-order valence-corrected chi connectivity index (χ2v) is 4.63. The summed E-state index contributed by atoms with van der Waals surface area (Å²) in [4.78, 5) is 0. The van der Waals surface area contributed by atoms with Crippen molar-refractivity contribution in [1.29, 1.82) is 0 Å². The van der Waals surface area contributed by atoms with Crippen LogP contribution in [0.5, 0.6) is 0 Å². The van der Waals surface area contributed by atoms with E-state index >= 15 is 0 Å². The summed E-state index contributed by atoms with van der Waals surface area (Å²) in [5.41, 5.74) is 0.810. The van der Waals surface area contributed by atoms with E-state index in [1.54, 1.807) is 10.0 Å². The van der Waals surface area contributed by atoms with Crippen LogP contribution in [0.1, 0.15) is 0 Å². The lowest BCUT2D eigenvalue weighted by atomic mass is 10.2. The molecule has 2 aromatic rings. The molecule has 0 spiro atoms. The highest BCUT2D eigenvalue weighted by atomic mass is 127. The molecule has 0 saturated carbocycles. The molecule has 0 saturated heterocycles. The van der Waals surface area contributed by atoms with Crippen molar-refractivity contribution in [3.63, 3.8) is 0 Å². The van der Waals surface area contributed by atoms with Crippen molar-refractivity contribution in [3.8, 4) is 0 Å². The fourth-order valence-corrected chi connectivity index (χ4v) is 2.82. The van der Waals surface area contributed by atoms with E-state index in [0.717, 1.165) is 5.52 Å². The van der Waals surface area contributed by atoms with Gasteiger partial charge in [0.15, 0.2) is 5.82 Å². The molecule has 0 amide bonds. The highest BCUT2D eigenvalue weighted by molar-refractivity contribution is 14.2. The van der Waals surface area contributed by atoms with Gasteiger partial charge in [-0.1, -0.05) is 17.7 Å². The number of hydrogen-bond acceptors (Lipinski definition) is 1. The highest BCUT2D eigenvalue weighted by Crippen LogP contribution is 2.31. The summed E-state index contributed by atoms with van der Waals surface area (Å²) < 4.78 is 15.1. The summed E-state index contributed by atoms with van der Waals surface area (Å²) in [6.45, 7) is 0. The summed E-state index contributed by atoms with van der Waals surface area (Å²) in [5, 5.41) is 0.951. The standard InChI is InChI=1S/C8H4ClFINS/c9-5-2-1-3-7-8(5)6(10)4-12(7)13-11/h1-4H. The van der Waals surface area contributed by atoms with Crippen molar-refractivity contribution in [2.24, 2.45) is 0 Å². The van der Waals surface area contributed by atoms with E-state index in [0.29, 0.717) is 10.4 Å². The maximum absolute atomic E-state index is 13.3. The average molecular weight is 328 g/mol. The maximum Gasteiger partial charge on any atom is 0.151 e. The molecule has 0 aliphatic carbocycles. The zero-order chi connectivity index (χ0) is 9.42. The van der Waals surface area contributed by atoms with Gasteiger partial charge in [-0.2, -0.15) is 0 Å². The Hall–Kier alpha value is 0.0600. The fourth-order valence-electron chi connectivity index (χ4n) is 1.23. The first-order valence-corrected chi connectivity index (χ1v) is 7.17. The predicted octanol–water partition coefficient (Wildman–Crippen LogP) is 4.28. The Morgan fingerprint density at radius 1 is 1.46 bits per heavy atom. The molecule has 0 aliphatic rings. The van der Waals surface area contributed by atoms with Crippen molar-refractivity contribution in [3.05, 3.63) is 35.2 Å². The zero-order valence-electron chi connectivity index (χ0n) is 6.30. The van der Waals surface area contributed by atoms with Crippen LogP contribution in [0.4, 0.5) is 4.39 Å². The van der Waals surface area contributed by atoms with Crippen molar-refractivity contribution in [1.82, 2.24) is 3.97 Å². The minimum Gasteiger partial charge on any atom is -0.279 e. The lowest BCUT2D eigenvalue weighted by Crippen LogP contribution is -1.77. The molecular formula is C8H4ClFINS. The lowest BCUT2D eigenvalue weighted by molar-refractivity contribution is 0.638. The molecule has 0 unspecified atom stereocenters. The third-order valence-corrected chi connectivity index (χ3v) is 3.81. The molecule has 0 radical (unpaired) electrons. The number of halogens is 3. The van der Waals surface area contributed by atoms with Gasteiger partial charge in [0.25, 0.3) is 0 Å². The predicted molar refractivity (Wildman–Crippen MR) is 63.9 cm³/mol. The Labute approximate surface area is 96.0 Å². The maximum atomic E-state index is 13.3. The van der Waals surface area contributed by atoms with Crippen LogP contribution in [0, 0.1) is 5.82 Å². The smallest absolute Gasteiger partial charge is 0.151 e. The molecule has 5 heteroatoms. The summed E-state index contributed by atoms with van der Waals surface area (Å²) in [5.74, 6) is -0.273. The molecule has 1 heterocycles. The van der Waals surface area contributed by atoms with Gasteiger partial charge in [-0.3, -0.25) is 3.97 Å². The van der Waals surface area contributed by atoms with Crippen LogP contribution < -0.4 is 0 Å². The van der Waals surface area contributed by atoms with Crippen molar-refractivity contribution in [2.75, 3.05) is 0 Å². The third kappa shape index (κ3) is 1.55. The van der Waals surface area contributed by atoms with Gasteiger partial charge < -0.3 is 0 Å². The van der Waals surface area contributed by atoms with Crippen LogP contribution in [0.2, 0.25) is 5.02 Å². The molecule has 1 aromatic carbocycles. The van der Waals surface area contributed by atoms with Crippen LogP contribution in [0.15, 0.2) is 24.4 Å². The van der Waals surface area contributed by atoms with E-state index in [1.165, 1.54) is 15.3 Å². The van der Waals surface area contributed by atoms with Crippen molar-refractivity contribution in [2.45, 2.75) is 0 Å². The lowest BCUT2D eigenvalue weighted by Gasteiger charge is -1.97. The van der Waals surface area contributed by atoms with Gasteiger partial charge in [-0.25, -0.2) is 4.39 Å². The SMILES string of the molecule is Fc1cn(SI)c2cccc(Cl)c12. The van der Waals surface area contributed by atoms with Crippen LogP contribution >= 0.6 is 41.9 Å². The second kappa shape index (κ2) is 3.67. The van der Waals surface area contributed by atoms with Gasteiger partial charge in [0.1, 0.15) is 0 Å². The number of nitrogens with zero attached hydrogens (tertiary/aromatic N) is 1. The number of benzene rings is 1. The molecule has 0 atom stereocenters. The van der Waals surface area contributed by atoms with Crippen LogP contribution in [-0.4, -0.2) is 3.97 Å². The minimum atomic E-state index is -0.273. The Kier molecular flexibility index (Phi) is 2.71. The first-order valence-electron chi connectivity index (χ1n) is 3.48. The molecule has 13 heavy (non-hydrogen) atoms. The second-order valence-electron chi connectivity index (χ2n) is 2.51. The topological polar surface area (TPSA) is 4.93 Å². The van der Waals surface area contributed by atoms with Gasteiger partial charge in [-0.15, -0.1) is 0 Å². The Morgan fingerprint density at radius 2 is 2.23 bits per heavy atom. The minimum absolute atomic E-state index is 0.273. The molecule has 0 fully saturated rings. The van der Waals surface area contributed by atoms with Crippen molar-refractivity contribution < 1.29 is 4.39 Å². The molecule has 0 N–H and O–H groups in total. The molecule has 2 rings (SSSR count). The molecule has 1 nitrogen and oxygen atoms in total. The van der Waals surface area contributed by atoms with E-state index in [9.17, 15) is 4.39 Å². The van der Waals surface area contributed by atoms with E-state index < -0.39 is 0 Å². The first kappa shape index (κ1) is 9.61. The third-order valence-electron chi connectivity index (χ3n) is 1.77. The van der Waals surface area contributed by atoms with Gasteiger partial charge >= 0.3 is 0 Å². The highest BCUT2D eigenvalue weighted by Gasteiger charge is 2.10. The molecule has 0 aliphatic heterocycles. The van der Waals surface area contributed by atoms with Gasteiger partial charge in [0, 0.05) is 30.3 Å². The number of rotatable bonds is 1. The molecular weight excluding hydrogens is 324 g/mol. The quantitative estimate of drug-likeness (QED) is 0.708. The van der Waals surface area contributed by atoms with Crippen LogP contribution in [0.3, 0.4) is 0 Å². The van der Waals surface area contributed by atoms with Gasteiger partial charge in [-0.05, 0) is 12.1 Å². The summed E-state index contributed by atoms with van der Waals surface area (Å²) >= 11 is 7.96. The first-order chi connectivity index (χ1) is 6.24. The van der Waals surface area contributed by atoms with E-state index in [2.05, 4.69) is 21.2 Å². The summed E-state index contributed by atoms with van der Waals surface area (Å²) in [6, 6.07) is 5.35. The molecule has 68 valence electrons. The van der Waals surface area contributed by atoms with Gasteiger partial charge in [0.2, 0.25) is 0 Å². The van der Waals surface area contributed by atoms with E-state index in [1.807, 2.05) is 12.1 Å². The van der Waals surface area contributed by atoms with Crippen LogP contribution in [-0.2, 0) is 0 Å². The number of aromatic nitrogens is 1. The largest absolute Gasteiger partial charge is 0.279 e. The van der Waals surface area contributed by atoms with E-state index in [4.69, 9.17) is 11.6 Å². The van der Waals surface area contributed by atoms with Crippen molar-refractivity contribution >= 4 is 52.8 Å². The Bertz CT molecular complexity index is 457. The molecule has 0 bridgehead atoms. The summed E-state index contributed by atoms with van der Waals surface area (Å²) in [7, 11) is 1.42. The van der Waals surface area contributed by atoms with Gasteiger partial charge in [0.05, 0.1) is 22.1 Å². The normalized spacial score (nSPS) is 11.0. The fraction of sp³-hybridized carbons (Fsp3) is 0. The average Bonchev–Trinajstić information content (AvgIpc) is 2.44. The zero-order valence-corrected chi connectivity index (χ0v) is 10.0. The Morgan fingerprint density at radius 3 is 2.92 bits per heavy atom. The monoisotopic (exact) mass is 327 g/mol. The van der Waals surface area contributed by atoms with Crippen LogP contribution in [0.25, 0.3) is 10.9 Å². The number of fused-ring (bicyclic) bond motifs is 1. The Balaban J connectivity index is 2.87. The molecule has 1 aromatic heterocycles. The summed E-state index contributed by atoms with van der Waals surface area (Å²) in [6.07, 6.45) is 1.44.